The van der Waals surface area contributed by atoms with Gasteiger partial charge in [-0.15, -0.1) is 0 Å². The maximum Gasteiger partial charge on any atom is 0.255 e. The van der Waals surface area contributed by atoms with Gasteiger partial charge in [-0.25, -0.2) is 0 Å². The lowest BCUT2D eigenvalue weighted by Gasteiger charge is -2.32. The predicted octanol–water partition coefficient (Wildman–Crippen LogP) is 2.13. The number of nitrogens with one attached hydrogen (secondary N) is 1. The molecule has 5 heteroatoms. The van der Waals surface area contributed by atoms with Crippen LogP contribution in [-0.2, 0) is 9.59 Å². The average Bonchev–Trinajstić information content (AvgIpc) is 2.72. The Morgan fingerprint density at radius 3 is 2.59 bits per heavy atom. The maximum absolute atomic E-state index is 12.9. The van der Waals surface area contributed by atoms with Crippen molar-refractivity contribution in [3.05, 3.63) is 34.9 Å². The molecule has 116 valence electrons. The van der Waals surface area contributed by atoms with Crippen molar-refractivity contribution < 1.29 is 14.4 Å². The van der Waals surface area contributed by atoms with Gasteiger partial charge in [0.2, 0.25) is 11.8 Å². The molecule has 1 fully saturated rings. The van der Waals surface area contributed by atoms with Crippen LogP contribution in [0.4, 0.5) is 0 Å². The zero-order valence-electron chi connectivity index (χ0n) is 13.1. The smallest absolute Gasteiger partial charge is 0.255 e. The minimum absolute atomic E-state index is 0.0960. The van der Waals surface area contributed by atoms with Crippen LogP contribution in [0, 0.1) is 0 Å². The van der Waals surface area contributed by atoms with E-state index in [2.05, 4.69) is 19.2 Å². The molecule has 0 radical (unpaired) electrons. The van der Waals surface area contributed by atoms with Gasteiger partial charge >= 0.3 is 0 Å². The summed E-state index contributed by atoms with van der Waals surface area (Å²) in [4.78, 5) is 38.0. The molecular formula is C17H20N2O3. The number of benzene rings is 1. The van der Waals surface area contributed by atoms with Crippen LogP contribution in [0.2, 0.25) is 0 Å². The highest BCUT2D eigenvalue weighted by Crippen LogP contribution is 2.39. The van der Waals surface area contributed by atoms with Crippen LogP contribution in [0.1, 0.15) is 67.1 Å². The minimum Gasteiger partial charge on any atom is -0.320 e. The van der Waals surface area contributed by atoms with E-state index in [1.54, 1.807) is 4.90 Å². The van der Waals surface area contributed by atoms with Gasteiger partial charge in [0, 0.05) is 12.0 Å². The molecule has 2 aliphatic rings. The Morgan fingerprint density at radius 1 is 1.23 bits per heavy atom. The van der Waals surface area contributed by atoms with Crippen molar-refractivity contribution in [3.63, 3.8) is 0 Å². The number of nitrogens with zero attached hydrogens (tertiary/aromatic N) is 1. The van der Waals surface area contributed by atoms with E-state index >= 15 is 0 Å². The van der Waals surface area contributed by atoms with Crippen molar-refractivity contribution in [1.82, 2.24) is 10.2 Å². The molecule has 3 amide bonds. The van der Waals surface area contributed by atoms with Crippen molar-refractivity contribution in [2.75, 3.05) is 0 Å². The molecule has 2 unspecified atom stereocenters. The van der Waals surface area contributed by atoms with E-state index in [1.807, 2.05) is 25.1 Å². The molecule has 5 nitrogen and oxygen atoms in total. The van der Waals surface area contributed by atoms with Crippen molar-refractivity contribution in [1.29, 1.82) is 0 Å². The van der Waals surface area contributed by atoms with Gasteiger partial charge in [-0.1, -0.05) is 32.0 Å². The number of fused-ring (bicyclic) bond motifs is 1. The molecule has 0 aliphatic carbocycles. The topological polar surface area (TPSA) is 66.5 Å². The third kappa shape index (κ3) is 2.12. The minimum atomic E-state index is -0.562. The Hall–Kier alpha value is -2.17. The van der Waals surface area contributed by atoms with Crippen LogP contribution in [0.5, 0.6) is 0 Å². The average molecular weight is 300 g/mol. The first-order valence-electron chi connectivity index (χ1n) is 7.71. The van der Waals surface area contributed by atoms with Crippen LogP contribution >= 0.6 is 0 Å². The van der Waals surface area contributed by atoms with E-state index in [4.69, 9.17) is 0 Å². The van der Waals surface area contributed by atoms with Gasteiger partial charge in [-0.2, -0.15) is 0 Å². The highest BCUT2D eigenvalue weighted by Gasteiger charge is 2.44. The van der Waals surface area contributed by atoms with E-state index in [0.717, 1.165) is 16.7 Å². The fourth-order valence-corrected chi connectivity index (χ4v) is 3.48. The summed E-state index contributed by atoms with van der Waals surface area (Å²) in [5.41, 5.74) is 2.72. The number of carbonyl (C=O) groups excluding carboxylic acids is 3. The lowest BCUT2D eigenvalue weighted by atomic mass is 9.93. The number of hydrogen-bond donors (Lipinski definition) is 1. The molecule has 0 spiro atoms. The van der Waals surface area contributed by atoms with Crippen LogP contribution in [0.25, 0.3) is 0 Å². The van der Waals surface area contributed by atoms with Gasteiger partial charge in [0.25, 0.3) is 5.91 Å². The Morgan fingerprint density at radius 2 is 1.95 bits per heavy atom. The lowest BCUT2D eigenvalue weighted by molar-refractivity contribution is -0.137. The summed E-state index contributed by atoms with van der Waals surface area (Å²) in [6, 6.07) is 5.18. The second-order valence-corrected chi connectivity index (χ2v) is 6.32. The van der Waals surface area contributed by atoms with Crippen LogP contribution in [0.3, 0.4) is 0 Å². The molecule has 0 aromatic heterocycles. The fourth-order valence-electron chi connectivity index (χ4n) is 3.48. The second-order valence-electron chi connectivity index (χ2n) is 6.32. The first-order chi connectivity index (χ1) is 10.4. The molecule has 1 aromatic carbocycles. The largest absolute Gasteiger partial charge is 0.320 e. The molecule has 1 N–H and O–H groups in total. The Labute approximate surface area is 129 Å². The van der Waals surface area contributed by atoms with Crippen molar-refractivity contribution in [2.45, 2.75) is 51.6 Å². The summed E-state index contributed by atoms with van der Waals surface area (Å²) in [7, 11) is 0. The number of amides is 3. The van der Waals surface area contributed by atoms with Gasteiger partial charge in [0.05, 0.1) is 6.04 Å². The molecule has 0 bridgehead atoms. The van der Waals surface area contributed by atoms with E-state index in [1.165, 1.54) is 0 Å². The number of rotatable bonds is 2. The zero-order valence-corrected chi connectivity index (χ0v) is 13.1. The predicted molar refractivity (Wildman–Crippen MR) is 81.3 cm³/mol. The normalized spacial score (nSPS) is 24.7. The van der Waals surface area contributed by atoms with Gasteiger partial charge in [0.1, 0.15) is 6.04 Å². The van der Waals surface area contributed by atoms with Crippen molar-refractivity contribution in [3.8, 4) is 0 Å². The molecule has 2 heterocycles. The molecule has 3 rings (SSSR count). The number of carbonyl (C=O) groups is 3. The number of hydrogen-bond acceptors (Lipinski definition) is 3. The summed E-state index contributed by atoms with van der Waals surface area (Å²) in [6.45, 7) is 6.06. The van der Waals surface area contributed by atoms with E-state index in [0.29, 0.717) is 6.42 Å². The molecule has 0 saturated carbocycles. The molecule has 1 saturated heterocycles. The van der Waals surface area contributed by atoms with E-state index in [-0.39, 0.29) is 36.1 Å². The Kier molecular flexibility index (Phi) is 3.51. The zero-order chi connectivity index (χ0) is 16.0. The van der Waals surface area contributed by atoms with Crippen LogP contribution < -0.4 is 5.32 Å². The molecule has 22 heavy (non-hydrogen) atoms. The first-order valence-corrected chi connectivity index (χ1v) is 7.71. The second kappa shape index (κ2) is 5.23. The monoisotopic (exact) mass is 300 g/mol. The highest BCUT2D eigenvalue weighted by atomic mass is 16.2. The summed E-state index contributed by atoms with van der Waals surface area (Å²) >= 11 is 0. The maximum atomic E-state index is 12.9. The van der Waals surface area contributed by atoms with Gasteiger partial charge in [-0.3, -0.25) is 19.7 Å². The van der Waals surface area contributed by atoms with E-state index in [9.17, 15) is 14.4 Å². The summed E-state index contributed by atoms with van der Waals surface area (Å²) in [5, 5.41) is 2.34. The molecule has 1 aromatic rings. The van der Waals surface area contributed by atoms with E-state index < -0.39 is 6.04 Å². The highest BCUT2D eigenvalue weighted by molar-refractivity contribution is 6.06. The summed E-state index contributed by atoms with van der Waals surface area (Å²) < 4.78 is 0. The van der Waals surface area contributed by atoms with Crippen molar-refractivity contribution in [2.24, 2.45) is 0 Å². The van der Waals surface area contributed by atoms with Crippen molar-refractivity contribution >= 4 is 17.7 Å². The molecular weight excluding hydrogens is 280 g/mol. The third-order valence-electron chi connectivity index (χ3n) is 4.61. The molecule has 2 aliphatic heterocycles. The Bertz CT molecular complexity index is 666. The first kappa shape index (κ1) is 14.8. The molecule has 2 atom stereocenters. The third-order valence-corrected chi connectivity index (χ3v) is 4.61. The SMILES string of the molecule is CC(C)c1cccc2c1C(=O)N(C1CCC(=O)NC1=O)C2C. The fraction of sp³-hybridized carbons (Fsp3) is 0.471. The van der Waals surface area contributed by atoms with Gasteiger partial charge in [0.15, 0.2) is 0 Å². The lowest BCUT2D eigenvalue weighted by Crippen LogP contribution is -2.53. The van der Waals surface area contributed by atoms with Crippen LogP contribution in [-0.4, -0.2) is 28.7 Å². The number of imide groups is 1. The number of piperidine rings is 1. The van der Waals surface area contributed by atoms with Crippen LogP contribution in [0.15, 0.2) is 18.2 Å². The quantitative estimate of drug-likeness (QED) is 0.851. The Balaban J connectivity index is 2.00. The van der Waals surface area contributed by atoms with Gasteiger partial charge in [-0.05, 0) is 30.4 Å². The van der Waals surface area contributed by atoms with Gasteiger partial charge < -0.3 is 4.90 Å². The summed E-state index contributed by atoms with van der Waals surface area (Å²) in [6.07, 6.45) is 0.673. The standard InChI is InChI=1S/C17H20N2O3/c1-9(2)11-5-4-6-12-10(3)19(17(22)15(11)12)13-7-8-14(20)18-16(13)21/h4-6,9-10,13H,7-8H2,1-3H3,(H,18,20,21). The summed E-state index contributed by atoms with van der Waals surface area (Å²) in [5.74, 6) is -0.481.